The number of aliphatic imine (C=N–C) groups is 1. The lowest BCUT2D eigenvalue weighted by Crippen LogP contribution is -2.36. The maximum Gasteiger partial charge on any atom is 0.351 e. The van der Waals surface area contributed by atoms with E-state index < -0.39 is 0 Å². The second-order valence-electron chi connectivity index (χ2n) is 6.91. The predicted molar refractivity (Wildman–Crippen MR) is 131 cm³/mol. The van der Waals surface area contributed by atoms with Gasteiger partial charge in [0.2, 0.25) is 5.84 Å². The van der Waals surface area contributed by atoms with E-state index >= 15 is 0 Å². The van der Waals surface area contributed by atoms with Gasteiger partial charge in [0, 0.05) is 24.5 Å². The maximum absolute atomic E-state index is 12.4. The minimum absolute atomic E-state index is 0.134. The topological polar surface area (TPSA) is 82.8 Å². The van der Waals surface area contributed by atoms with Gasteiger partial charge in [-0.25, -0.2) is 4.99 Å². The van der Waals surface area contributed by atoms with E-state index in [0.717, 1.165) is 11.4 Å². The Morgan fingerprint density at radius 3 is 1.66 bits per heavy atom. The number of hydrogen-bond acceptors (Lipinski definition) is 5. The van der Waals surface area contributed by atoms with Crippen LogP contribution in [0.1, 0.15) is 13.8 Å². The van der Waals surface area contributed by atoms with Gasteiger partial charge in [-0.15, -0.1) is 0 Å². The van der Waals surface area contributed by atoms with E-state index in [4.69, 9.17) is 0 Å². The Balaban J connectivity index is 2.21. The summed E-state index contributed by atoms with van der Waals surface area (Å²) in [7, 11) is 0. The van der Waals surface area contributed by atoms with Crippen LogP contribution in [0.15, 0.2) is 108 Å². The second kappa shape index (κ2) is 11.3. The van der Waals surface area contributed by atoms with Crippen LogP contribution < -0.4 is 10.6 Å². The van der Waals surface area contributed by atoms with Gasteiger partial charge in [0.05, 0.1) is 10.6 Å². The zero-order valence-corrected chi connectivity index (χ0v) is 18.2. The Hall–Kier alpha value is -4.13. The molecule has 0 aliphatic carbocycles. The fraction of sp³-hybridized carbons (Fsp3) is 0.160. The van der Waals surface area contributed by atoms with E-state index in [1.165, 1.54) is 0 Å². The van der Waals surface area contributed by atoms with Crippen LogP contribution in [0.5, 0.6) is 0 Å². The van der Waals surface area contributed by atoms with Gasteiger partial charge in [0.1, 0.15) is 0 Å². The molecule has 0 saturated carbocycles. The molecule has 3 aromatic rings. The van der Waals surface area contributed by atoms with Crippen molar-refractivity contribution >= 4 is 22.9 Å². The Labute approximate surface area is 188 Å². The van der Waals surface area contributed by atoms with E-state index in [1.54, 1.807) is 0 Å². The highest BCUT2D eigenvalue weighted by Gasteiger charge is 2.30. The van der Waals surface area contributed by atoms with Crippen LogP contribution in [-0.4, -0.2) is 28.7 Å². The molecule has 0 aromatic heterocycles. The monoisotopic (exact) mass is 429 g/mol. The van der Waals surface area contributed by atoms with Crippen molar-refractivity contribution in [3.05, 3.63) is 113 Å². The lowest BCUT2D eigenvalue weighted by Gasteiger charge is -2.23. The number of likely N-dealkylation sites (N-methyl/N-ethyl adjacent to an activating group) is 1. The van der Waals surface area contributed by atoms with Crippen molar-refractivity contribution in [1.29, 1.82) is 0 Å². The van der Waals surface area contributed by atoms with E-state index in [9.17, 15) is 10.1 Å². The molecule has 0 amide bonds. The highest BCUT2D eigenvalue weighted by Crippen LogP contribution is 2.21. The van der Waals surface area contributed by atoms with Crippen LogP contribution in [0.2, 0.25) is 0 Å². The van der Waals surface area contributed by atoms with Crippen LogP contribution >= 0.6 is 0 Å². The van der Waals surface area contributed by atoms with Crippen molar-refractivity contribution in [1.82, 2.24) is 4.90 Å². The highest BCUT2D eigenvalue weighted by molar-refractivity contribution is 5.99. The normalized spacial score (nSPS) is 10.9. The molecule has 164 valence electrons. The third-order valence-electron chi connectivity index (χ3n) is 4.77. The van der Waals surface area contributed by atoms with Gasteiger partial charge in [0.25, 0.3) is 0 Å². The fourth-order valence-corrected chi connectivity index (χ4v) is 3.19. The molecule has 7 nitrogen and oxygen atoms in total. The number of anilines is 2. The third kappa shape index (κ3) is 5.95. The maximum atomic E-state index is 12.4. The van der Waals surface area contributed by atoms with Gasteiger partial charge in [-0.1, -0.05) is 54.6 Å². The zero-order valence-electron chi connectivity index (χ0n) is 18.2. The first kappa shape index (κ1) is 22.6. The molecular weight excluding hydrogens is 402 g/mol. The number of nitrogens with zero attached hydrogens (tertiary/aromatic N) is 3. The number of para-hydroxylation sites is 3. The standard InChI is InChI=1S/C25H27N5O2/c1-3-29(4-2)25(28-22-18-12-7-13-19-22)23(30(31)32)24(26-20-14-8-5-9-15-20)27-21-16-10-6-11-17-21/h5-19,26-27H,3-4H2,1-2H3. The molecule has 0 bridgehead atoms. The molecule has 0 radical (unpaired) electrons. The quantitative estimate of drug-likeness (QED) is 0.196. The van der Waals surface area contributed by atoms with Crippen LogP contribution in [0.25, 0.3) is 0 Å². The lowest BCUT2D eigenvalue weighted by molar-refractivity contribution is -0.417. The minimum Gasteiger partial charge on any atom is -0.351 e. The van der Waals surface area contributed by atoms with Crippen molar-refractivity contribution < 1.29 is 4.92 Å². The summed E-state index contributed by atoms with van der Waals surface area (Å²) in [4.78, 5) is 18.6. The van der Waals surface area contributed by atoms with Crippen LogP contribution in [-0.2, 0) is 0 Å². The van der Waals surface area contributed by atoms with E-state index in [2.05, 4.69) is 15.6 Å². The Bertz CT molecular complexity index is 1020. The lowest BCUT2D eigenvalue weighted by atomic mass is 10.2. The van der Waals surface area contributed by atoms with Crippen LogP contribution in [0.4, 0.5) is 17.1 Å². The summed E-state index contributed by atoms with van der Waals surface area (Å²) in [6, 6.07) is 28.0. The predicted octanol–water partition coefficient (Wildman–Crippen LogP) is 5.73. The largest absolute Gasteiger partial charge is 0.351 e. The first-order valence-electron chi connectivity index (χ1n) is 10.5. The average molecular weight is 430 g/mol. The molecule has 32 heavy (non-hydrogen) atoms. The molecule has 2 N–H and O–H groups in total. The fourth-order valence-electron chi connectivity index (χ4n) is 3.19. The van der Waals surface area contributed by atoms with E-state index in [1.807, 2.05) is 110 Å². The molecule has 0 aliphatic heterocycles. The molecule has 3 aromatic carbocycles. The van der Waals surface area contributed by atoms with Gasteiger partial charge < -0.3 is 15.5 Å². The summed E-state index contributed by atoms with van der Waals surface area (Å²) in [5, 5.41) is 18.8. The van der Waals surface area contributed by atoms with Crippen molar-refractivity contribution in [2.45, 2.75) is 13.8 Å². The molecule has 0 fully saturated rings. The van der Waals surface area contributed by atoms with Crippen LogP contribution in [0.3, 0.4) is 0 Å². The summed E-state index contributed by atoms with van der Waals surface area (Å²) < 4.78 is 0. The van der Waals surface area contributed by atoms with Gasteiger partial charge in [-0.3, -0.25) is 10.1 Å². The second-order valence-corrected chi connectivity index (χ2v) is 6.91. The van der Waals surface area contributed by atoms with Gasteiger partial charge in [0.15, 0.2) is 5.82 Å². The summed E-state index contributed by atoms with van der Waals surface area (Å²) in [6.45, 7) is 5.06. The first-order chi connectivity index (χ1) is 15.6. The number of nitrogens with one attached hydrogen (secondary N) is 2. The number of nitro groups is 1. The average Bonchev–Trinajstić information content (AvgIpc) is 2.81. The molecule has 7 heteroatoms. The number of benzene rings is 3. The molecule has 0 unspecified atom stereocenters. The Morgan fingerprint density at radius 1 is 0.812 bits per heavy atom. The molecule has 0 heterocycles. The van der Waals surface area contributed by atoms with Crippen molar-refractivity contribution in [3.8, 4) is 0 Å². The van der Waals surface area contributed by atoms with Crippen molar-refractivity contribution in [2.24, 2.45) is 4.99 Å². The molecule has 3 rings (SSSR count). The molecule has 0 atom stereocenters. The van der Waals surface area contributed by atoms with E-state index in [-0.39, 0.29) is 22.3 Å². The van der Waals surface area contributed by atoms with Gasteiger partial charge in [-0.2, -0.15) is 0 Å². The SMILES string of the molecule is CCN(CC)C(=Nc1ccccc1)C(=C(Nc1ccccc1)Nc1ccccc1)[N+](=O)[O-]. The number of amidine groups is 1. The minimum atomic E-state index is -0.388. The Kier molecular flexibility index (Phi) is 7.97. The molecular formula is C25H27N5O2. The summed E-state index contributed by atoms with van der Waals surface area (Å²) in [5.41, 5.74) is 1.96. The van der Waals surface area contributed by atoms with Crippen molar-refractivity contribution in [2.75, 3.05) is 23.7 Å². The number of rotatable bonds is 9. The summed E-state index contributed by atoms with van der Waals surface area (Å²) in [6.07, 6.45) is 0. The van der Waals surface area contributed by atoms with Gasteiger partial charge >= 0.3 is 5.70 Å². The third-order valence-corrected chi connectivity index (χ3v) is 4.77. The van der Waals surface area contributed by atoms with E-state index in [0.29, 0.717) is 18.8 Å². The van der Waals surface area contributed by atoms with Crippen molar-refractivity contribution in [3.63, 3.8) is 0 Å². The summed E-state index contributed by atoms with van der Waals surface area (Å²) >= 11 is 0. The zero-order chi connectivity index (χ0) is 22.8. The molecule has 0 aliphatic rings. The molecule has 0 spiro atoms. The molecule has 0 saturated heterocycles. The smallest absolute Gasteiger partial charge is 0.351 e. The first-order valence-corrected chi connectivity index (χ1v) is 10.5. The van der Waals surface area contributed by atoms with Gasteiger partial charge in [-0.05, 0) is 50.2 Å². The Morgan fingerprint density at radius 2 is 1.25 bits per heavy atom. The summed E-state index contributed by atoms with van der Waals surface area (Å²) in [5.74, 6) is 0.530. The number of hydrogen-bond donors (Lipinski definition) is 2. The van der Waals surface area contributed by atoms with Crippen LogP contribution in [0, 0.1) is 10.1 Å². The highest BCUT2D eigenvalue weighted by atomic mass is 16.6.